The van der Waals surface area contributed by atoms with Gasteiger partial charge in [-0.25, -0.2) is 16.5 Å². The number of hydrogen-bond acceptors (Lipinski definition) is 9. The number of rotatable bonds is 10. The van der Waals surface area contributed by atoms with E-state index < -0.39 is 11.5 Å². The van der Waals surface area contributed by atoms with Crippen LogP contribution in [0.25, 0.3) is 0 Å². The van der Waals surface area contributed by atoms with E-state index in [1.165, 1.54) is 16.4 Å². The van der Waals surface area contributed by atoms with E-state index in [1.807, 2.05) is 13.8 Å². The van der Waals surface area contributed by atoms with Gasteiger partial charge in [0.25, 0.3) is 0 Å². The molecule has 228 valence electrons. The Morgan fingerprint density at radius 3 is 2.20 bits per heavy atom. The Labute approximate surface area is 238 Å². The molecule has 12 heteroatoms. The highest BCUT2D eigenvalue weighted by molar-refractivity contribution is 5.91. The van der Waals surface area contributed by atoms with Crippen molar-refractivity contribution in [3.8, 4) is 0 Å². The van der Waals surface area contributed by atoms with Gasteiger partial charge in [0.2, 0.25) is 5.91 Å². The first-order chi connectivity index (χ1) is 18.9. The lowest BCUT2D eigenvalue weighted by atomic mass is 9.85. The second-order valence-corrected chi connectivity index (χ2v) is 12.6. The SMILES string of the molecule is CC1CCCCC1N(N)C(=O)N(N)C1CCC(NC(C)(C)C(=O)CCC(=O)N2CCCCC2CC(=O)ON)CC1. The Balaban J connectivity index is 1.44. The van der Waals surface area contributed by atoms with Gasteiger partial charge in [0.1, 0.15) is 0 Å². The predicted molar refractivity (Wildman–Crippen MR) is 151 cm³/mol. The van der Waals surface area contributed by atoms with Crippen molar-refractivity contribution >= 4 is 23.7 Å². The van der Waals surface area contributed by atoms with E-state index in [9.17, 15) is 19.2 Å². The highest BCUT2D eigenvalue weighted by Gasteiger charge is 2.37. The third-order valence-electron chi connectivity index (χ3n) is 9.26. The minimum Gasteiger partial charge on any atom is -0.373 e. The lowest BCUT2D eigenvalue weighted by Gasteiger charge is -2.41. The molecule has 40 heavy (non-hydrogen) atoms. The molecule has 0 aromatic rings. The molecule has 1 saturated heterocycles. The van der Waals surface area contributed by atoms with Crippen molar-refractivity contribution in [3.05, 3.63) is 0 Å². The summed E-state index contributed by atoms with van der Waals surface area (Å²) in [5.41, 5.74) is -0.800. The van der Waals surface area contributed by atoms with Crippen molar-refractivity contribution in [2.24, 2.45) is 23.5 Å². The number of carbonyl (C=O) groups excluding carboxylic acids is 4. The number of Topliss-reactive ketones (excluding diaryl/α,β-unsaturated/α-hetero) is 1. The number of likely N-dealkylation sites (tertiary alicyclic amines) is 1. The molecule has 3 amide bonds. The second-order valence-electron chi connectivity index (χ2n) is 12.6. The van der Waals surface area contributed by atoms with E-state index in [0.29, 0.717) is 12.5 Å². The molecule has 0 aromatic carbocycles. The molecular formula is C28H51N7O5. The molecule has 2 saturated carbocycles. The lowest BCUT2D eigenvalue weighted by Crippen LogP contribution is -2.60. The van der Waals surface area contributed by atoms with Crippen LogP contribution in [0.3, 0.4) is 0 Å². The van der Waals surface area contributed by atoms with E-state index >= 15 is 0 Å². The summed E-state index contributed by atoms with van der Waals surface area (Å²) in [6.07, 6.45) is 10.0. The molecule has 1 heterocycles. The second kappa shape index (κ2) is 14.6. The van der Waals surface area contributed by atoms with Gasteiger partial charge in [-0.15, -0.1) is 0 Å². The van der Waals surface area contributed by atoms with Crippen LogP contribution in [0.4, 0.5) is 4.79 Å². The summed E-state index contributed by atoms with van der Waals surface area (Å²) in [7, 11) is 0. The van der Waals surface area contributed by atoms with Crippen molar-refractivity contribution in [1.29, 1.82) is 0 Å². The summed E-state index contributed by atoms with van der Waals surface area (Å²) in [6, 6.07) is -0.532. The van der Waals surface area contributed by atoms with Crippen LogP contribution in [-0.4, -0.2) is 74.9 Å². The average molecular weight is 566 g/mol. The van der Waals surface area contributed by atoms with Gasteiger partial charge in [0, 0.05) is 31.5 Å². The molecule has 0 bridgehead atoms. The van der Waals surface area contributed by atoms with Crippen LogP contribution in [0.5, 0.6) is 0 Å². The fourth-order valence-electron chi connectivity index (χ4n) is 6.69. The maximum atomic E-state index is 13.1. The smallest absolute Gasteiger partial charge is 0.348 e. The first-order valence-corrected chi connectivity index (χ1v) is 15.1. The van der Waals surface area contributed by atoms with Crippen LogP contribution in [0.2, 0.25) is 0 Å². The first-order valence-electron chi connectivity index (χ1n) is 15.1. The number of nitrogens with one attached hydrogen (secondary N) is 1. The molecule has 7 N–H and O–H groups in total. The molecule has 3 atom stereocenters. The van der Waals surface area contributed by atoms with Gasteiger partial charge in [-0.3, -0.25) is 24.4 Å². The Kier molecular flexibility index (Phi) is 11.7. The molecule has 2 aliphatic carbocycles. The molecule has 1 aliphatic heterocycles. The number of piperidine rings is 1. The third-order valence-corrected chi connectivity index (χ3v) is 9.26. The zero-order valence-corrected chi connectivity index (χ0v) is 24.6. The van der Waals surface area contributed by atoms with Crippen LogP contribution < -0.4 is 22.9 Å². The first kappa shape index (κ1) is 32.2. The normalized spacial score (nSPS) is 27.6. The van der Waals surface area contributed by atoms with Crippen LogP contribution >= 0.6 is 0 Å². The van der Waals surface area contributed by atoms with Crippen molar-refractivity contribution in [3.63, 3.8) is 0 Å². The largest absolute Gasteiger partial charge is 0.373 e. The topological polar surface area (TPSA) is 177 Å². The molecular weight excluding hydrogens is 514 g/mol. The van der Waals surface area contributed by atoms with Crippen molar-refractivity contribution in [2.75, 3.05) is 6.54 Å². The van der Waals surface area contributed by atoms with E-state index in [4.69, 9.17) is 17.6 Å². The molecule has 3 rings (SSSR count). The highest BCUT2D eigenvalue weighted by atomic mass is 16.7. The Bertz CT molecular complexity index is 892. The van der Waals surface area contributed by atoms with E-state index in [2.05, 4.69) is 17.1 Å². The zero-order valence-electron chi connectivity index (χ0n) is 24.6. The van der Waals surface area contributed by atoms with Gasteiger partial charge >= 0.3 is 12.0 Å². The standard InChI is InChI=1S/C28H51N7O5/c1-19-8-4-5-10-23(19)35(30)27(39)34(29)21-13-11-20(12-14-21)32-28(2,3)24(36)15-16-25(37)33-17-7-6-9-22(33)18-26(38)40-31/h19-23,32H,4-18,29-31H2,1-3H3. The van der Waals surface area contributed by atoms with Crippen molar-refractivity contribution in [1.82, 2.24) is 20.2 Å². The van der Waals surface area contributed by atoms with Crippen LogP contribution in [0.1, 0.15) is 111 Å². The summed E-state index contributed by atoms with van der Waals surface area (Å²) < 4.78 is 0. The Hall–Kier alpha value is -2.28. The number of nitrogens with two attached hydrogens (primary N) is 3. The van der Waals surface area contributed by atoms with E-state index in [1.54, 1.807) is 4.90 Å². The summed E-state index contributed by atoms with van der Waals surface area (Å²) in [5, 5.41) is 6.13. The summed E-state index contributed by atoms with van der Waals surface area (Å²) in [4.78, 5) is 56.7. The number of urea groups is 1. The lowest BCUT2D eigenvalue weighted by molar-refractivity contribution is -0.148. The number of hydrazine groups is 2. The Morgan fingerprint density at radius 2 is 1.55 bits per heavy atom. The Morgan fingerprint density at radius 1 is 0.900 bits per heavy atom. The highest BCUT2D eigenvalue weighted by Crippen LogP contribution is 2.29. The zero-order chi connectivity index (χ0) is 29.4. The van der Waals surface area contributed by atoms with Crippen LogP contribution in [0.15, 0.2) is 0 Å². The van der Waals surface area contributed by atoms with Gasteiger partial charge in [-0.1, -0.05) is 19.8 Å². The molecule has 0 radical (unpaired) electrons. The molecule has 3 unspecified atom stereocenters. The van der Waals surface area contributed by atoms with E-state index in [0.717, 1.165) is 64.2 Å². The average Bonchev–Trinajstić information content (AvgIpc) is 2.95. The summed E-state index contributed by atoms with van der Waals surface area (Å²) >= 11 is 0. The van der Waals surface area contributed by atoms with E-state index in [-0.39, 0.29) is 61.2 Å². The van der Waals surface area contributed by atoms with Crippen LogP contribution in [-0.2, 0) is 19.2 Å². The van der Waals surface area contributed by atoms with Crippen LogP contribution in [0, 0.1) is 5.92 Å². The molecule has 3 fully saturated rings. The number of nitrogens with zero attached hydrogens (tertiary/aromatic N) is 3. The maximum Gasteiger partial charge on any atom is 0.348 e. The number of ketones is 1. The number of carbonyl (C=O) groups is 4. The number of hydrogen-bond donors (Lipinski definition) is 4. The monoisotopic (exact) mass is 565 g/mol. The van der Waals surface area contributed by atoms with Gasteiger partial charge < -0.3 is 15.1 Å². The summed E-state index contributed by atoms with van der Waals surface area (Å²) in [6.45, 7) is 6.41. The third kappa shape index (κ3) is 8.37. The fraction of sp³-hybridized carbons (Fsp3) is 0.857. The van der Waals surface area contributed by atoms with Gasteiger partial charge in [0.15, 0.2) is 5.78 Å². The maximum absolute atomic E-state index is 13.1. The summed E-state index contributed by atoms with van der Waals surface area (Å²) in [5.74, 6) is 17.1. The minimum atomic E-state index is -0.800. The van der Waals surface area contributed by atoms with Gasteiger partial charge in [-0.05, 0) is 77.6 Å². The molecule has 0 spiro atoms. The predicted octanol–water partition coefficient (Wildman–Crippen LogP) is 2.25. The fourth-order valence-corrected chi connectivity index (χ4v) is 6.69. The molecule has 3 aliphatic rings. The van der Waals surface area contributed by atoms with Gasteiger partial charge in [0.05, 0.1) is 24.0 Å². The molecule has 0 aromatic heterocycles. The van der Waals surface area contributed by atoms with Gasteiger partial charge in [-0.2, -0.15) is 5.90 Å². The van der Waals surface area contributed by atoms with Crippen molar-refractivity contribution < 1.29 is 24.0 Å². The van der Waals surface area contributed by atoms with Crippen molar-refractivity contribution in [2.45, 2.75) is 140 Å². The molecule has 12 nitrogen and oxygen atoms in total. The minimum absolute atomic E-state index is 0.0206. The number of amides is 3. The quantitative estimate of drug-likeness (QED) is 0.176.